The molecule has 9 nitrogen and oxygen atoms in total. The number of amides is 4. The third-order valence-electron chi connectivity index (χ3n) is 5.26. The Kier molecular flexibility index (Phi) is 10.5. The van der Waals surface area contributed by atoms with Gasteiger partial charge in [0, 0.05) is 19.4 Å². The lowest BCUT2D eigenvalue weighted by atomic mass is 10.0. The summed E-state index contributed by atoms with van der Waals surface area (Å²) >= 11 is 0. The Bertz CT molecular complexity index is 741. The molecule has 1 saturated heterocycles. The summed E-state index contributed by atoms with van der Waals surface area (Å²) in [6.45, 7) is 0.450. The van der Waals surface area contributed by atoms with E-state index in [0.29, 0.717) is 57.9 Å². The number of unbranched alkanes of at least 4 members (excludes halogenated alkanes) is 2. The molecule has 4 amide bonds. The molecule has 0 spiro atoms. The van der Waals surface area contributed by atoms with Crippen molar-refractivity contribution < 1.29 is 24.4 Å². The second-order valence-corrected chi connectivity index (χ2v) is 7.73. The first-order valence-corrected chi connectivity index (χ1v) is 10.8. The van der Waals surface area contributed by atoms with E-state index in [9.17, 15) is 19.2 Å². The van der Waals surface area contributed by atoms with Crippen LogP contribution >= 0.6 is 0 Å². The molecule has 0 aliphatic carbocycles. The molecular weight excluding hydrogens is 400 g/mol. The highest BCUT2D eigenvalue weighted by atomic mass is 16.5. The first-order valence-electron chi connectivity index (χ1n) is 10.8. The van der Waals surface area contributed by atoms with Gasteiger partial charge >= 0.3 is 0 Å². The number of nitrogens with one attached hydrogen (secondary N) is 4. The molecule has 0 unspecified atom stereocenters. The molecule has 1 aromatic carbocycles. The second-order valence-electron chi connectivity index (χ2n) is 7.73. The predicted molar refractivity (Wildman–Crippen MR) is 114 cm³/mol. The fourth-order valence-electron chi connectivity index (χ4n) is 3.51. The quantitative estimate of drug-likeness (QED) is 0.190. The van der Waals surface area contributed by atoms with Crippen LogP contribution in [0.15, 0.2) is 30.3 Å². The van der Waals surface area contributed by atoms with Crippen LogP contribution in [0.4, 0.5) is 0 Å². The van der Waals surface area contributed by atoms with Gasteiger partial charge in [-0.25, -0.2) is 5.48 Å². The summed E-state index contributed by atoms with van der Waals surface area (Å²) in [5, 5.41) is 16.9. The molecule has 1 aromatic rings. The molecule has 31 heavy (non-hydrogen) atoms. The lowest BCUT2D eigenvalue weighted by Crippen LogP contribution is -2.55. The smallest absolute Gasteiger partial charge is 0.243 e. The van der Waals surface area contributed by atoms with Crippen molar-refractivity contribution in [2.75, 3.05) is 6.54 Å². The maximum Gasteiger partial charge on any atom is 0.243 e. The van der Waals surface area contributed by atoms with E-state index in [1.807, 2.05) is 30.3 Å². The third kappa shape index (κ3) is 9.17. The van der Waals surface area contributed by atoms with Crippen molar-refractivity contribution in [1.82, 2.24) is 21.4 Å². The van der Waals surface area contributed by atoms with Crippen molar-refractivity contribution in [3.8, 4) is 0 Å². The molecule has 0 aromatic heterocycles. The molecule has 1 fully saturated rings. The van der Waals surface area contributed by atoms with E-state index in [1.54, 1.807) is 5.48 Å². The maximum absolute atomic E-state index is 12.7. The van der Waals surface area contributed by atoms with Crippen molar-refractivity contribution in [2.45, 2.75) is 69.9 Å². The van der Waals surface area contributed by atoms with Crippen molar-refractivity contribution >= 4 is 23.6 Å². The van der Waals surface area contributed by atoms with Gasteiger partial charge in [0.15, 0.2) is 0 Å². The van der Waals surface area contributed by atoms with Crippen LogP contribution in [0.1, 0.15) is 56.9 Å². The van der Waals surface area contributed by atoms with E-state index in [2.05, 4.69) is 16.0 Å². The second kappa shape index (κ2) is 13.4. The Balaban J connectivity index is 1.85. The molecule has 0 bridgehead atoms. The van der Waals surface area contributed by atoms with Gasteiger partial charge in [-0.1, -0.05) is 43.2 Å². The summed E-state index contributed by atoms with van der Waals surface area (Å²) in [6, 6.07) is 8.45. The lowest BCUT2D eigenvalue weighted by molar-refractivity contribution is -0.133. The molecule has 170 valence electrons. The monoisotopic (exact) mass is 432 g/mol. The van der Waals surface area contributed by atoms with E-state index in [-0.39, 0.29) is 24.1 Å². The molecule has 0 saturated carbocycles. The minimum atomic E-state index is -0.714. The third-order valence-corrected chi connectivity index (χ3v) is 5.26. The summed E-state index contributed by atoms with van der Waals surface area (Å²) in [4.78, 5) is 48.0. The summed E-state index contributed by atoms with van der Waals surface area (Å²) in [6.07, 6.45) is 4.79. The van der Waals surface area contributed by atoms with Gasteiger partial charge in [-0.05, 0) is 37.7 Å². The Labute approximate surface area is 182 Å². The molecule has 0 radical (unpaired) electrons. The molecule has 1 heterocycles. The molecule has 5 N–H and O–H groups in total. The minimum absolute atomic E-state index is 0.155. The van der Waals surface area contributed by atoms with Crippen LogP contribution in [-0.4, -0.2) is 47.5 Å². The van der Waals surface area contributed by atoms with Gasteiger partial charge in [0.1, 0.15) is 12.1 Å². The fourth-order valence-corrected chi connectivity index (χ4v) is 3.51. The van der Waals surface area contributed by atoms with Crippen molar-refractivity contribution in [1.29, 1.82) is 0 Å². The number of rotatable bonds is 12. The number of hydrogen-bond acceptors (Lipinski definition) is 5. The van der Waals surface area contributed by atoms with Gasteiger partial charge in [0.2, 0.25) is 23.6 Å². The summed E-state index contributed by atoms with van der Waals surface area (Å²) < 4.78 is 0. The largest absolute Gasteiger partial charge is 0.354 e. The zero-order valence-corrected chi connectivity index (χ0v) is 17.7. The number of benzene rings is 1. The van der Waals surface area contributed by atoms with E-state index in [4.69, 9.17) is 5.21 Å². The molecule has 9 heteroatoms. The van der Waals surface area contributed by atoms with E-state index < -0.39 is 18.0 Å². The first kappa shape index (κ1) is 24.3. The summed E-state index contributed by atoms with van der Waals surface area (Å²) in [7, 11) is 0. The molecule has 1 aliphatic rings. The Morgan fingerprint density at radius 3 is 2.61 bits per heavy atom. The highest BCUT2D eigenvalue weighted by molar-refractivity contribution is 5.92. The van der Waals surface area contributed by atoms with E-state index in [1.165, 1.54) is 0 Å². The minimum Gasteiger partial charge on any atom is -0.354 e. The fraction of sp³-hybridized carbons (Fsp3) is 0.545. The van der Waals surface area contributed by atoms with Crippen LogP contribution in [-0.2, 0) is 25.6 Å². The number of hydroxylamine groups is 1. The highest BCUT2D eigenvalue weighted by Crippen LogP contribution is 2.11. The first-order chi connectivity index (χ1) is 15.0. The van der Waals surface area contributed by atoms with Gasteiger partial charge < -0.3 is 16.0 Å². The summed E-state index contributed by atoms with van der Waals surface area (Å²) in [5.41, 5.74) is 2.70. The van der Waals surface area contributed by atoms with Crippen LogP contribution in [0, 0.1) is 0 Å². The van der Waals surface area contributed by atoms with E-state index >= 15 is 0 Å². The predicted octanol–water partition coefficient (Wildman–Crippen LogP) is 0.955. The van der Waals surface area contributed by atoms with Gasteiger partial charge in [-0.3, -0.25) is 24.4 Å². The number of carbonyl (C=O) groups is 4. The van der Waals surface area contributed by atoms with E-state index in [0.717, 1.165) is 5.56 Å². The average Bonchev–Trinajstić information content (AvgIpc) is 2.78. The zero-order chi connectivity index (χ0) is 22.5. The van der Waals surface area contributed by atoms with Crippen molar-refractivity contribution in [2.24, 2.45) is 0 Å². The SMILES string of the molecule is O=C(CCCCC[C@H](NC(=O)[C@@H]1CCCC(=O)N1)C(=O)NCCc1ccccc1)NO. The van der Waals surface area contributed by atoms with Gasteiger partial charge in [-0.2, -0.15) is 0 Å². The Morgan fingerprint density at radius 1 is 1.13 bits per heavy atom. The van der Waals surface area contributed by atoms with Crippen LogP contribution < -0.4 is 21.4 Å². The Morgan fingerprint density at radius 2 is 1.90 bits per heavy atom. The molecule has 1 aliphatic heterocycles. The maximum atomic E-state index is 12.7. The molecule has 2 rings (SSSR count). The number of carbonyl (C=O) groups excluding carboxylic acids is 4. The molecule has 2 atom stereocenters. The van der Waals surface area contributed by atoms with Crippen LogP contribution in [0.2, 0.25) is 0 Å². The summed E-state index contributed by atoms with van der Waals surface area (Å²) in [5.74, 6) is -1.22. The highest BCUT2D eigenvalue weighted by Gasteiger charge is 2.28. The standard InChI is InChI=1S/C22H32N4O5/c27-19-13-7-11-18(24-19)22(30)25-17(10-5-2-6-12-20(28)26-31)21(29)23-15-14-16-8-3-1-4-9-16/h1,3-4,8-9,17-18,31H,2,5-7,10-15H2,(H,23,29)(H,24,27)(H,25,30)(H,26,28)/t17-,18-/m0/s1. The van der Waals surface area contributed by atoms with Gasteiger partial charge in [0.05, 0.1) is 0 Å². The van der Waals surface area contributed by atoms with Crippen molar-refractivity contribution in [3.05, 3.63) is 35.9 Å². The van der Waals surface area contributed by atoms with Gasteiger partial charge in [0.25, 0.3) is 0 Å². The molecular formula is C22H32N4O5. The normalized spacial score (nSPS) is 16.7. The average molecular weight is 433 g/mol. The van der Waals surface area contributed by atoms with Crippen LogP contribution in [0.25, 0.3) is 0 Å². The Hall–Kier alpha value is -2.94. The topological polar surface area (TPSA) is 137 Å². The zero-order valence-electron chi connectivity index (χ0n) is 17.7. The van der Waals surface area contributed by atoms with Crippen LogP contribution in [0.3, 0.4) is 0 Å². The number of piperidine rings is 1. The lowest BCUT2D eigenvalue weighted by Gasteiger charge is -2.25. The van der Waals surface area contributed by atoms with Crippen molar-refractivity contribution in [3.63, 3.8) is 0 Å². The van der Waals surface area contributed by atoms with Gasteiger partial charge in [-0.15, -0.1) is 0 Å². The van der Waals surface area contributed by atoms with Crippen LogP contribution in [0.5, 0.6) is 0 Å². The number of hydrogen-bond donors (Lipinski definition) is 5.